The zero-order valence-corrected chi connectivity index (χ0v) is 9.27. The van der Waals surface area contributed by atoms with Crippen molar-refractivity contribution in [3.8, 4) is 6.07 Å². The maximum absolute atomic E-state index is 11.7. The monoisotopic (exact) mass is 215 g/mol. The molecule has 0 aliphatic carbocycles. The Morgan fingerprint density at radius 1 is 1.38 bits per heavy atom. The van der Waals surface area contributed by atoms with E-state index in [9.17, 15) is 4.79 Å². The number of nitrogens with one attached hydrogen (secondary N) is 1. The second-order valence-corrected chi connectivity index (χ2v) is 3.44. The van der Waals surface area contributed by atoms with E-state index in [2.05, 4.69) is 5.32 Å². The third kappa shape index (κ3) is 3.46. The van der Waals surface area contributed by atoms with E-state index >= 15 is 0 Å². The number of nitriles is 1. The highest BCUT2D eigenvalue weighted by Gasteiger charge is 2.08. The lowest BCUT2D eigenvalue weighted by Crippen LogP contribution is -2.16. The third-order valence-electron chi connectivity index (χ3n) is 1.78. The standard InChI is InChI=1S/C12H13N3O/c1-15(2)9-10(8-13)12(16)14-11-6-4-3-5-7-11/h3-7,9H,1-2H3,(H,14,16). The molecule has 1 aromatic carbocycles. The van der Waals surface area contributed by atoms with Gasteiger partial charge in [0.2, 0.25) is 0 Å². The zero-order chi connectivity index (χ0) is 12.0. The van der Waals surface area contributed by atoms with Crippen LogP contribution in [-0.4, -0.2) is 24.9 Å². The van der Waals surface area contributed by atoms with Gasteiger partial charge in [0.15, 0.2) is 0 Å². The SMILES string of the molecule is CN(C)C=C(C#N)C(=O)Nc1ccccc1. The number of nitrogens with zero attached hydrogens (tertiary/aromatic N) is 2. The summed E-state index contributed by atoms with van der Waals surface area (Å²) in [7, 11) is 3.51. The molecule has 0 aromatic heterocycles. The minimum Gasteiger partial charge on any atom is -0.382 e. The first-order valence-corrected chi connectivity index (χ1v) is 4.78. The molecular weight excluding hydrogens is 202 g/mol. The van der Waals surface area contributed by atoms with Gasteiger partial charge in [0, 0.05) is 26.0 Å². The molecule has 1 rings (SSSR count). The summed E-state index contributed by atoms with van der Waals surface area (Å²) in [6, 6.07) is 10.9. The molecule has 4 heteroatoms. The van der Waals surface area contributed by atoms with Crippen LogP contribution in [0.2, 0.25) is 0 Å². The molecule has 0 bridgehead atoms. The molecule has 0 radical (unpaired) electrons. The molecule has 0 unspecified atom stereocenters. The predicted octanol–water partition coefficient (Wildman–Crippen LogP) is 1.59. The van der Waals surface area contributed by atoms with Gasteiger partial charge < -0.3 is 10.2 Å². The molecule has 4 nitrogen and oxygen atoms in total. The number of rotatable bonds is 3. The van der Waals surface area contributed by atoms with E-state index in [0.29, 0.717) is 5.69 Å². The zero-order valence-electron chi connectivity index (χ0n) is 9.27. The maximum atomic E-state index is 11.7. The van der Waals surface area contributed by atoms with E-state index in [4.69, 9.17) is 5.26 Å². The second kappa shape index (κ2) is 5.56. The van der Waals surface area contributed by atoms with Crippen LogP contribution in [-0.2, 0) is 4.79 Å². The van der Waals surface area contributed by atoms with Crippen LogP contribution in [0, 0.1) is 11.3 Å². The Hall–Kier alpha value is -2.28. The fraction of sp³-hybridized carbons (Fsp3) is 0.167. The van der Waals surface area contributed by atoms with E-state index in [0.717, 1.165) is 0 Å². The Morgan fingerprint density at radius 3 is 2.50 bits per heavy atom. The van der Waals surface area contributed by atoms with Crippen molar-refractivity contribution in [2.75, 3.05) is 19.4 Å². The second-order valence-electron chi connectivity index (χ2n) is 3.44. The van der Waals surface area contributed by atoms with E-state index in [1.165, 1.54) is 6.20 Å². The molecule has 0 heterocycles. The Bertz CT molecular complexity index is 429. The summed E-state index contributed by atoms with van der Waals surface area (Å²) in [6.45, 7) is 0. The van der Waals surface area contributed by atoms with Crippen molar-refractivity contribution < 1.29 is 4.79 Å². The summed E-state index contributed by atoms with van der Waals surface area (Å²) in [5, 5.41) is 11.5. The summed E-state index contributed by atoms with van der Waals surface area (Å²) < 4.78 is 0. The van der Waals surface area contributed by atoms with Crippen LogP contribution in [0.4, 0.5) is 5.69 Å². The smallest absolute Gasteiger partial charge is 0.267 e. The average molecular weight is 215 g/mol. The van der Waals surface area contributed by atoms with Crippen LogP contribution >= 0.6 is 0 Å². The molecule has 1 aromatic rings. The van der Waals surface area contributed by atoms with Crippen LogP contribution in [0.25, 0.3) is 0 Å². The van der Waals surface area contributed by atoms with E-state index < -0.39 is 5.91 Å². The van der Waals surface area contributed by atoms with E-state index in [1.807, 2.05) is 24.3 Å². The number of benzene rings is 1. The Labute approximate surface area is 94.8 Å². The first-order valence-electron chi connectivity index (χ1n) is 4.78. The number of amides is 1. The van der Waals surface area contributed by atoms with Crippen molar-refractivity contribution in [3.05, 3.63) is 42.1 Å². The molecule has 1 amide bonds. The minimum absolute atomic E-state index is 0.0776. The number of hydrogen-bond donors (Lipinski definition) is 1. The molecule has 0 aliphatic rings. The molecule has 0 fully saturated rings. The van der Waals surface area contributed by atoms with Crippen LogP contribution in [0.5, 0.6) is 0 Å². The van der Waals surface area contributed by atoms with Crippen LogP contribution < -0.4 is 5.32 Å². The van der Waals surface area contributed by atoms with Crippen LogP contribution in [0.15, 0.2) is 42.1 Å². The molecule has 82 valence electrons. The Morgan fingerprint density at radius 2 is 2.00 bits per heavy atom. The largest absolute Gasteiger partial charge is 0.382 e. The molecule has 0 saturated carbocycles. The molecule has 0 atom stereocenters. The molecule has 0 spiro atoms. The first-order chi connectivity index (χ1) is 7.63. The molecule has 1 N–H and O–H groups in total. The van der Waals surface area contributed by atoms with Gasteiger partial charge in [-0.1, -0.05) is 18.2 Å². The maximum Gasteiger partial charge on any atom is 0.267 e. The summed E-state index contributed by atoms with van der Waals surface area (Å²) in [4.78, 5) is 13.3. The van der Waals surface area contributed by atoms with Gasteiger partial charge in [-0.05, 0) is 12.1 Å². The fourth-order valence-electron chi connectivity index (χ4n) is 1.12. The van der Waals surface area contributed by atoms with Crippen molar-refractivity contribution >= 4 is 11.6 Å². The van der Waals surface area contributed by atoms with Crippen molar-refractivity contribution in [2.45, 2.75) is 0 Å². The van der Waals surface area contributed by atoms with Gasteiger partial charge in [0.05, 0.1) is 0 Å². The van der Waals surface area contributed by atoms with Crippen molar-refractivity contribution in [1.82, 2.24) is 4.90 Å². The summed E-state index contributed by atoms with van der Waals surface area (Å²) in [5.41, 5.74) is 0.751. The van der Waals surface area contributed by atoms with Gasteiger partial charge in [0.1, 0.15) is 11.6 Å². The predicted molar refractivity (Wildman–Crippen MR) is 62.5 cm³/mol. The Balaban J connectivity index is 2.76. The normalized spacial score (nSPS) is 10.4. The van der Waals surface area contributed by atoms with E-state index in [-0.39, 0.29) is 5.57 Å². The number of hydrogen-bond acceptors (Lipinski definition) is 3. The highest BCUT2D eigenvalue weighted by molar-refractivity contribution is 6.06. The molecule has 0 aliphatic heterocycles. The highest BCUT2D eigenvalue weighted by atomic mass is 16.1. The number of carbonyl (C=O) groups is 1. The van der Waals surface area contributed by atoms with Gasteiger partial charge in [-0.3, -0.25) is 4.79 Å². The van der Waals surface area contributed by atoms with Crippen LogP contribution in [0.3, 0.4) is 0 Å². The molecular formula is C12H13N3O. The van der Waals surface area contributed by atoms with Crippen LogP contribution in [0.1, 0.15) is 0 Å². The molecule has 16 heavy (non-hydrogen) atoms. The number of anilines is 1. The summed E-state index contributed by atoms with van der Waals surface area (Å²) in [6.07, 6.45) is 1.48. The van der Waals surface area contributed by atoms with Gasteiger partial charge in [0.25, 0.3) is 5.91 Å². The van der Waals surface area contributed by atoms with Crippen molar-refractivity contribution in [1.29, 1.82) is 5.26 Å². The quantitative estimate of drug-likeness (QED) is 0.615. The van der Waals surface area contributed by atoms with Gasteiger partial charge in [-0.25, -0.2) is 0 Å². The third-order valence-corrected chi connectivity index (χ3v) is 1.78. The first kappa shape index (κ1) is 11.8. The van der Waals surface area contributed by atoms with Gasteiger partial charge >= 0.3 is 0 Å². The lowest BCUT2D eigenvalue weighted by atomic mass is 10.2. The minimum atomic E-state index is -0.401. The average Bonchev–Trinajstić information content (AvgIpc) is 2.26. The number of para-hydroxylation sites is 1. The lowest BCUT2D eigenvalue weighted by molar-refractivity contribution is -0.112. The van der Waals surface area contributed by atoms with Crippen molar-refractivity contribution in [3.63, 3.8) is 0 Å². The number of carbonyl (C=O) groups excluding carboxylic acids is 1. The van der Waals surface area contributed by atoms with Gasteiger partial charge in [-0.15, -0.1) is 0 Å². The van der Waals surface area contributed by atoms with Gasteiger partial charge in [-0.2, -0.15) is 5.26 Å². The highest BCUT2D eigenvalue weighted by Crippen LogP contribution is 2.07. The van der Waals surface area contributed by atoms with E-state index in [1.54, 1.807) is 31.1 Å². The van der Waals surface area contributed by atoms with Crippen molar-refractivity contribution in [2.24, 2.45) is 0 Å². The lowest BCUT2D eigenvalue weighted by Gasteiger charge is -2.07. The summed E-state index contributed by atoms with van der Waals surface area (Å²) in [5.74, 6) is -0.401. The Kier molecular flexibility index (Phi) is 4.10. The molecule has 0 saturated heterocycles. The fourth-order valence-corrected chi connectivity index (χ4v) is 1.12. The topological polar surface area (TPSA) is 56.1 Å². The summed E-state index contributed by atoms with van der Waals surface area (Å²) >= 11 is 0.